The molecule has 0 spiro atoms. The minimum Gasteiger partial charge on any atom is -0.441 e. The number of hydrogen-bond donors (Lipinski definition) is 2. The van der Waals surface area contributed by atoms with Gasteiger partial charge in [-0.15, -0.1) is 10.2 Å². The largest absolute Gasteiger partial charge is 0.441 e. The average Bonchev–Trinajstić information content (AvgIpc) is 3.32. The van der Waals surface area contributed by atoms with Crippen LogP contribution in [0, 0.1) is 6.92 Å². The third-order valence-corrected chi connectivity index (χ3v) is 6.25. The molecule has 5 rings (SSSR count). The van der Waals surface area contributed by atoms with Crippen molar-refractivity contribution in [1.82, 2.24) is 25.4 Å². The van der Waals surface area contributed by atoms with Gasteiger partial charge in [-0.25, -0.2) is 18.6 Å². The van der Waals surface area contributed by atoms with Gasteiger partial charge in [0.15, 0.2) is 17.5 Å². The third-order valence-electron chi connectivity index (χ3n) is 6.25. The molecule has 2 saturated heterocycles. The Hall–Kier alpha value is -3.14. The highest BCUT2D eigenvalue weighted by Crippen LogP contribution is 2.36. The summed E-state index contributed by atoms with van der Waals surface area (Å²) in [6.45, 7) is 1.48. The van der Waals surface area contributed by atoms with E-state index >= 15 is 0 Å². The second kappa shape index (κ2) is 8.42. The number of rotatable bonds is 5. The quantitative estimate of drug-likeness (QED) is 0.621. The SMILES string of the molecule is Cc1ncc(-c2ccc3nnc(NC(=O)N4[C@@H]5CC[C@H]4CC(NCC(F)F)C5)cc3c2)o1. The second-order valence-corrected chi connectivity index (χ2v) is 8.44. The number of anilines is 1. The minimum atomic E-state index is -2.37. The molecule has 0 saturated carbocycles. The van der Waals surface area contributed by atoms with Crippen LogP contribution >= 0.6 is 0 Å². The van der Waals surface area contributed by atoms with Gasteiger partial charge in [0, 0.05) is 36.0 Å². The number of alkyl halides is 2. The molecule has 1 aromatic carbocycles. The van der Waals surface area contributed by atoms with Gasteiger partial charge in [0.05, 0.1) is 18.3 Å². The first-order valence-corrected chi connectivity index (χ1v) is 10.8. The first-order chi connectivity index (χ1) is 15.5. The number of benzene rings is 1. The van der Waals surface area contributed by atoms with Crippen LogP contribution in [0.1, 0.15) is 31.6 Å². The van der Waals surface area contributed by atoms with Gasteiger partial charge >= 0.3 is 6.03 Å². The predicted octanol–water partition coefficient (Wildman–Crippen LogP) is 3.98. The molecule has 2 aliphatic heterocycles. The summed E-state index contributed by atoms with van der Waals surface area (Å²) < 4.78 is 30.6. The first kappa shape index (κ1) is 20.7. The van der Waals surface area contributed by atoms with Gasteiger partial charge in [-0.2, -0.15) is 0 Å². The fraction of sp³-hybridized carbons (Fsp3) is 0.455. The lowest BCUT2D eigenvalue weighted by Gasteiger charge is -2.39. The molecule has 0 radical (unpaired) electrons. The van der Waals surface area contributed by atoms with E-state index in [1.54, 1.807) is 19.2 Å². The Bertz CT molecular complexity index is 1120. The van der Waals surface area contributed by atoms with Gasteiger partial charge in [0.25, 0.3) is 6.43 Å². The molecule has 4 heterocycles. The number of urea groups is 1. The van der Waals surface area contributed by atoms with Crippen molar-refractivity contribution < 1.29 is 18.0 Å². The summed E-state index contributed by atoms with van der Waals surface area (Å²) in [5, 5.41) is 15.0. The normalized spacial score (nSPS) is 22.6. The molecular weight excluding hydrogens is 418 g/mol. The summed E-state index contributed by atoms with van der Waals surface area (Å²) in [6.07, 6.45) is 2.43. The number of amides is 2. The Morgan fingerprint density at radius 3 is 2.69 bits per heavy atom. The van der Waals surface area contributed by atoms with Crippen LogP contribution in [0.4, 0.5) is 19.4 Å². The van der Waals surface area contributed by atoms with Gasteiger partial charge in [-0.05, 0) is 49.9 Å². The second-order valence-electron chi connectivity index (χ2n) is 8.44. The lowest BCUT2D eigenvalue weighted by molar-refractivity contribution is 0.115. The zero-order valence-electron chi connectivity index (χ0n) is 17.6. The van der Waals surface area contributed by atoms with E-state index in [9.17, 15) is 13.6 Å². The van der Waals surface area contributed by atoms with Crippen LogP contribution in [0.5, 0.6) is 0 Å². The van der Waals surface area contributed by atoms with Crippen LogP contribution < -0.4 is 10.6 Å². The molecule has 2 aliphatic rings. The number of carbonyl (C=O) groups excluding carboxylic acids is 1. The van der Waals surface area contributed by atoms with E-state index in [-0.39, 0.29) is 30.7 Å². The molecule has 2 amide bonds. The molecule has 0 aliphatic carbocycles. The molecule has 1 unspecified atom stereocenters. The first-order valence-electron chi connectivity index (χ1n) is 10.8. The van der Waals surface area contributed by atoms with Crippen LogP contribution in [-0.2, 0) is 0 Å². The average molecular weight is 442 g/mol. The molecule has 8 nitrogen and oxygen atoms in total. The smallest absolute Gasteiger partial charge is 0.323 e. The maximum absolute atomic E-state index is 13.0. The fourth-order valence-corrected chi connectivity index (χ4v) is 4.86. The van der Waals surface area contributed by atoms with Crippen LogP contribution in [0.3, 0.4) is 0 Å². The summed E-state index contributed by atoms with van der Waals surface area (Å²) in [6, 6.07) is 7.31. The molecular formula is C22H24F2N6O2. The van der Waals surface area contributed by atoms with Gasteiger partial charge in [-0.3, -0.25) is 5.32 Å². The Morgan fingerprint density at radius 1 is 1.22 bits per heavy atom. The molecule has 10 heteroatoms. The molecule has 3 aromatic rings. The van der Waals surface area contributed by atoms with Crippen molar-refractivity contribution in [2.24, 2.45) is 0 Å². The summed E-state index contributed by atoms with van der Waals surface area (Å²) in [5.74, 6) is 1.61. The van der Waals surface area contributed by atoms with Crippen molar-refractivity contribution in [1.29, 1.82) is 0 Å². The standard InChI is InChI=1S/C22H24F2N6O2/c1-12-25-10-19(32-12)13-2-5-18-14(6-13)7-21(29-28-18)27-22(31)30-16-3-4-17(30)9-15(8-16)26-11-20(23)24/h2,5-7,10,15-17,20,26H,3-4,8-9,11H2,1H3,(H,27,29,31)/t15?,16-,17+. The summed E-state index contributed by atoms with van der Waals surface area (Å²) in [4.78, 5) is 19.0. The number of nitrogens with one attached hydrogen (secondary N) is 2. The molecule has 3 atom stereocenters. The van der Waals surface area contributed by atoms with Crippen molar-refractivity contribution in [2.75, 3.05) is 11.9 Å². The molecule has 2 bridgehead atoms. The van der Waals surface area contributed by atoms with E-state index in [1.165, 1.54) is 0 Å². The number of nitrogens with zero attached hydrogens (tertiary/aromatic N) is 4. The van der Waals surface area contributed by atoms with E-state index in [0.717, 1.165) is 23.8 Å². The van der Waals surface area contributed by atoms with Crippen LogP contribution in [0.25, 0.3) is 22.2 Å². The highest BCUT2D eigenvalue weighted by Gasteiger charge is 2.43. The Balaban J connectivity index is 1.29. The number of fused-ring (bicyclic) bond motifs is 3. The number of aromatic nitrogens is 3. The summed E-state index contributed by atoms with van der Waals surface area (Å²) in [7, 11) is 0. The maximum Gasteiger partial charge on any atom is 0.323 e. The zero-order valence-corrected chi connectivity index (χ0v) is 17.6. The van der Waals surface area contributed by atoms with E-state index in [0.29, 0.717) is 35.8 Å². The Morgan fingerprint density at radius 2 is 2.00 bits per heavy atom. The van der Waals surface area contributed by atoms with E-state index in [4.69, 9.17) is 4.42 Å². The number of aryl methyl sites for hydroxylation is 1. The van der Waals surface area contributed by atoms with Crippen molar-refractivity contribution in [3.05, 3.63) is 36.4 Å². The van der Waals surface area contributed by atoms with E-state index < -0.39 is 6.43 Å². The number of carbonyl (C=O) groups is 1. The fourth-order valence-electron chi connectivity index (χ4n) is 4.86. The van der Waals surface area contributed by atoms with Gasteiger partial charge in [0.2, 0.25) is 0 Å². The number of oxazole rings is 1. The molecule has 2 fully saturated rings. The highest BCUT2D eigenvalue weighted by atomic mass is 19.3. The van der Waals surface area contributed by atoms with Crippen molar-refractivity contribution in [2.45, 2.75) is 57.2 Å². The van der Waals surface area contributed by atoms with Gasteiger partial charge < -0.3 is 14.6 Å². The summed E-state index contributed by atoms with van der Waals surface area (Å²) >= 11 is 0. The van der Waals surface area contributed by atoms with Crippen molar-refractivity contribution in [3.8, 4) is 11.3 Å². The topological polar surface area (TPSA) is 96.2 Å². The van der Waals surface area contributed by atoms with Crippen LogP contribution in [0.2, 0.25) is 0 Å². The maximum atomic E-state index is 13.0. The molecule has 2 N–H and O–H groups in total. The Kier molecular flexibility index (Phi) is 5.46. The van der Waals surface area contributed by atoms with Crippen molar-refractivity contribution >= 4 is 22.8 Å². The monoisotopic (exact) mass is 442 g/mol. The number of halogens is 2. The highest BCUT2D eigenvalue weighted by molar-refractivity contribution is 5.92. The minimum absolute atomic E-state index is 0.0177. The number of piperidine rings is 1. The molecule has 32 heavy (non-hydrogen) atoms. The van der Waals surface area contributed by atoms with E-state index in [1.807, 2.05) is 23.1 Å². The van der Waals surface area contributed by atoms with Crippen LogP contribution in [0.15, 0.2) is 34.9 Å². The molecule has 2 aromatic heterocycles. The lowest BCUT2D eigenvalue weighted by atomic mass is 9.97. The van der Waals surface area contributed by atoms with Crippen LogP contribution in [-0.4, -0.2) is 57.2 Å². The van der Waals surface area contributed by atoms with Gasteiger partial charge in [0.1, 0.15) is 0 Å². The zero-order chi connectivity index (χ0) is 22.2. The van der Waals surface area contributed by atoms with Gasteiger partial charge in [-0.1, -0.05) is 0 Å². The van der Waals surface area contributed by atoms with Crippen molar-refractivity contribution in [3.63, 3.8) is 0 Å². The predicted molar refractivity (Wildman–Crippen MR) is 114 cm³/mol. The number of hydrogen-bond acceptors (Lipinski definition) is 6. The lowest BCUT2D eigenvalue weighted by Crippen LogP contribution is -2.53. The third kappa shape index (κ3) is 4.14. The summed E-state index contributed by atoms with van der Waals surface area (Å²) in [5.41, 5.74) is 1.56. The Labute approximate surface area is 183 Å². The molecule has 168 valence electrons. The van der Waals surface area contributed by atoms with E-state index in [2.05, 4.69) is 25.8 Å².